The lowest BCUT2D eigenvalue weighted by atomic mass is 9.68. The van der Waals surface area contributed by atoms with Gasteiger partial charge in [0.1, 0.15) is 0 Å². The molecule has 3 aliphatic rings. The Morgan fingerprint density at radius 2 is 2.07 bits per heavy atom. The van der Waals surface area contributed by atoms with Gasteiger partial charge in [-0.3, -0.25) is 9.69 Å². The molecule has 1 N–H and O–H groups in total. The van der Waals surface area contributed by atoms with Crippen molar-refractivity contribution in [2.45, 2.75) is 52.6 Å². The lowest BCUT2D eigenvalue weighted by Gasteiger charge is -2.43. The number of fused-ring (bicyclic) bond motifs is 2. The second kappa shape index (κ2) is 7.36. The van der Waals surface area contributed by atoms with E-state index in [0.29, 0.717) is 32.2 Å². The molecule has 29 heavy (non-hydrogen) atoms. The number of nitro groups is 1. The Bertz CT molecular complexity index is 796. The summed E-state index contributed by atoms with van der Waals surface area (Å²) in [7, 11) is 0. The summed E-state index contributed by atoms with van der Waals surface area (Å²) in [6.07, 6.45) is 3.45. The maximum absolute atomic E-state index is 13.2. The van der Waals surface area contributed by atoms with Crippen LogP contribution < -0.4 is 5.32 Å². The van der Waals surface area contributed by atoms with Crippen LogP contribution in [-0.2, 0) is 11.3 Å². The number of ether oxygens (including phenoxy) is 1. The first-order valence-corrected chi connectivity index (χ1v) is 10.5. The van der Waals surface area contributed by atoms with Crippen LogP contribution in [-0.4, -0.2) is 64.4 Å². The highest BCUT2D eigenvalue weighted by Crippen LogP contribution is 2.62. The monoisotopic (exact) mass is 405 g/mol. The highest BCUT2D eigenvalue weighted by molar-refractivity contribution is 5.93. The summed E-state index contributed by atoms with van der Waals surface area (Å²) >= 11 is 0. The smallest absolute Gasteiger partial charge is 0.379 e. The van der Waals surface area contributed by atoms with Crippen molar-refractivity contribution in [3.8, 4) is 0 Å². The average Bonchev–Trinajstić information content (AvgIpc) is 3.33. The van der Waals surface area contributed by atoms with E-state index in [9.17, 15) is 14.9 Å². The summed E-state index contributed by atoms with van der Waals surface area (Å²) in [4.78, 5) is 26.1. The van der Waals surface area contributed by atoms with Crippen molar-refractivity contribution < 1.29 is 14.5 Å². The summed E-state index contributed by atoms with van der Waals surface area (Å²) in [5, 5.41) is 18.6. The van der Waals surface area contributed by atoms with E-state index >= 15 is 0 Å². The van der Waals surface area contributed by atoms with Gasteiger partial charge in [0, 0.05) is 25.7 Å². The van der Waals surface area contributed by atoms with E-state index in [1.165, 1.54) is 17.2 Å². The predicted octanol–water partition coefficient (Wildman–Crippen LogP) is 2.07. The van der Waals surface area contributed by atoms with Gasteiger partial charge in [-0.1, -0.05) is 20.8 Å². The summed E-state index contributed by atoms with van der Waals surface area (Å²) in [5.74, 6) is 0.0633. The maximum atomic E-state index is 13.2. The summed E-state index contributed by atoms with van der Waals surface area (Å²) in [6, 6.07) is 1.36. The lowest BCUT2D eigenvalue weighted by Crippen LogP contribution is -2.52. The molecule has 160 valence electrons. The molecule has 1 aromatic heterocycles. The molecule has 0 spiro atoms. The van der Waals surface area contributed by atoms with Gasteiger partial charge < -0.3 is 20.2 Å². The van der Waals surface area contributed by atoms with Gasteiger partial charge in [0.05, 0.1) is 30.9 Å². The third-order valence-electron chi connectivity index (χ3n) is 7.46. The minimum Gasteiger partial charge on any atom is -0.379 e. The largest absolute Gasteiger partial charge is 0.390 e. The molecule has 1 saturated heterocycles. The Hall–Kier alpha value is -2.00. The molecule has 1 aromatic rings. The fraction of sp³-hybridized carbons (Fsp3) is 0.800. The van der Waals surface area contributed by atoms with E-state index in [1.54, 1.807) is 0 Å². The van der Waals surface area contributed by atoms with Gasteiger partial charge in [0.2, 0.25) is 0 Å². The van der Waals surface area contributed by atoms with Crippen LogP contribution in [0.3, 0.4) is 0 Å². The number of nitrogens with zero attached hydrogens (tertiary/aromatic N) is 4. The first kappa shape index (κ1) is 20.3. The van der Waals surface area contributed by atoms with Crippen molar-refractivity contribution in [3.63, 3.8) is 0 Å². The summed E-state index contributed by atoms with van der Waals surface area (Å²) in [5.41, 5.74) is 0.383. The second-order valence-electron chi connectivity index (χ2n) is 9.64. The number of hydrogen-bond donors (Lipinski definition) is 1. The second-order valence-corrected chi connectivity index (χ2v) is 9.64. The van der Waals surface area contributed by atoms with Crippen molar-refractivity contribution in [1.29, 1.82) is 0 Å². The minimum absolute atomic E-state index is 0.0211. The molecule has 2 aliphatic carbocycles. The van der Waals surface area contributed by atoms with Crippen LogP contribution in [0.1, 0.15) is 50.5 Å². The Kier molecular flexibility index (Phi) is 5.14. The minimum atomic E-state index is -0.537. The topological polar surface area (TPSA) is 103 Å². The number of amides is 1. The van der Waals surface area contributed by atoms with Crippen molar-refractivity contribution in [2.75, 3.05) is 32.8 Å². The average molecular weight is 405 g/mol. The van der Waals surface area contributed by atoms with Crippen molar-refractivity contribution in [1.82, 2.24) is 20.0 Å². The van der Waals surface area contributed by atoms with E-state index in [2.05, 4.69) is 36.1 Å². The number of carbonyl (C=O) groups excluding carboxylic acids is 1. The molecule has 0 aromatic carbocycles. The molecule has 2 saturated carbocycles. The zero-order valence-corrected chi connectivity index (χ0v) is 17.5. The molecule has 1 amide bonds. The van der Waals surface area contributed by atoms with Gasteiger partial charge in [-0.25, -0.2) is 0 Å². The zero-order valence-electron chi connectivity index (χ0n) is 17.5. The van der Waals surface area contributed by atoms with Crippen LogP contribution in [0.15, 0.2) is 6.07 Å². The van der Waals surface area contributed by atoms with E-state index < -0.39 is 4.92 Å². The number of aromatic nitrogens is 2. The molecule has 3 fully saturated rings. The van der Waals surface area contributed by atoms with E-state index in [1.807, 2.05) is 0 Å². The van der Waals surface area contributed by atoms with Crippen LogP contribution in [0.25, 0.3) is 0 Å². The van der Waals surface area contributed by atoms with Gasteiger partial charge in [-0.05, 0) is 40.9 Å². The Balaban J connectivity index is 1.52. The van der Waals surface area contributed by atoms with Crippen molar-refractivity contribution in [2.24, 2.45) is 16.7 Å². The van der Waals surface area contributed by atoms with Crippen LogP contribution in [0.5, 0.6) is 0 Å². The van der Waals surface area contributed by atoms with Gasteiger partial charge >= 0.3 is 5.82 Å². The SMILES string of the molecule is CC12CCC(C1)C(C)(C)C2NC(=O)c1cc([N+](=O)[O-])nn1CCN1CCOCC1. The highest BCUT2D eigenvalue weighted by Gasteiger charge is 2.59. The number of rotatable bonds is 6. The number of nitrogens with one attached hydrogen (secondary N) is 1. The Labute approximate surface area is 170 Å². The quantitative estimate of drug-likeness (QED) is 0.574. The molecule has 1 aliphatic heterocycles. The maximum Gasteiger partial charge on any atom is 0.390 e. The van der Waals surface area contributed by atoms with E-state index in [4.69, 9.17) is 4.74 Å². The third-order valence-corrected chi connectivity index (χ3v) is 7.46. The summed E-state index contributed by atoms with van der Waals surface area (Å²) < 4.78 is 6.85. The summed E-state index contributed by atoms with van der Waals surface area (Å²) in [6.45, 7) is 10.8. The fourth-order valence-electron chi connectivity index (χ4n) is 5.77. The number of hydrogen-bond acceptors (Lipinski definition) is 6. The number of carbonyl (C=O) groups is 1. The van der Waals surface area contributed by atoms with Crippen LogP contribution in [0.4, 0.5) is 5.82 Å². The third kappa shape index (κ3) is 3.66. The van der Waals surface area contributed by atoms with Crippen LogP contribution in [0.2, 0.25) is 0 Å². The standard InChI is InChI=1S/C20H31N5O4/c1-19(2)14-4-5-20(3,13-14)18(19)21-17(26)15-12-16(25(27)28)22-24(15)7-6-23-8-10-29-11-9-23/h12,14,18H,4-11,13H2,1-3H3,(H,21,26). The molecule has 4 rings (SSSR count). The Morgan fingerprint density at radius 1 is 1.34 bits per heavy atom. The molecule has 3 unspecified atom stereocenters. The first-order valence-electron chi connectivity index (χ1n) is 10.5. The van der Waals surface area contributed by atoms with Gasteiger partial charge in [-0.15, -0.1) is 0 Å². The molecule has 2 bridgehead atoms. The van der Waals surface area contributed by atoms with Gasteiger partial charge in [-0.2, -0.15) is 4.68 Å². The molecule has 0 radical (unpaired) electrons. The molecule has 9 heteroatoms. The lowest BCUT2D eigenvalue weighted by molar-refractivity contribution is -0.389. The van der Waals surface area contributed by atoms with Crippen LogP contribution in [0, 0.1) is 26.9 Å². The van der Waals surface area contributed by atoms with Gasteiger partial charge in [0.25, 0.3) is 5.91 Å². The van der Waals surface area contributed by atoms with Crippen molar-refractivity contribution >= 4 is 11.7 Å². The van der Waals surface area contributed by atoms with Gasteiger partial charge in [0.15, 0.2) is 5.69 Å². The zero-order chi connectivity index (χ0) is 20.8. The first-order chi connectivity index (χ1) is 13.7. The van der Waals surface area contributed by atoms with Crippen molar-refractivity contribution in [3.05, 3.63) is 21.9 Å². The van der Waals surface area contributed by atoms with E-state index in [0.717, 1.165) is 25.9 Å². The molecular formula is C20H31N5O4. The normalized spacial score (nSPS) is 31.1. The fourth-order valence-corrected chi connectivity index (χ4v) is 5.77. The Morgan fingerprint density at radius 3 is 2.69 bits per heavy atom. The molecular weight excluding hydrogens is 374 g/mol. The van der Waals surface area contributed by atoms with Crippen LogP contribution >= 0.6 is 0 Å². The number of morpholine rings is 1. The molecule has 3 atom stereocenters. The molecule has 9 nitrogen and oxygen atoms in total. The predicted molar refractivity (Wildman–Crippen MR) is 107 cm³/mol. The molecule has 2 heterocycles. The highest BCUT2D eigenvalue weighted by atomic mass is 16.6. The van der Waals surface area contributed by atoms with E-state index in [-0.39, 0.29) is 34.3 Å².